The van der Waals surface area contributed by atoms with Crippen molar-refractivity contribution in [3.05, 3.63) is 97.1 Å². The van der Waals surface area contributed by atoms with Crippen LogP contribution in [-0.4, -0.2) is 44.1 Å². The smallest absolute Gasteiger partial charge is 0.240 e. The van der Waals surface area contributed by atoms with E-state index in [0.717, 1.165) is 12.8 Å². The lowest BCUT2D eigenvalue weighted by Crippen LogP contribution is -2.25. The number of sulfonamides is 2. The van der Waals surface area contributed by atoms with Gasteiger partial charge in [-0.2, -0.15) is 0 Å². The molecule has 0 aromatic heterocycles. The van der Waals surface area contributed by atoms with Gasteiger partial charge < -0.3 is 18.9 Å². The molecule has 4 rings (SSSR count). The Kier molecular flexibility index (Phi) is 11.6. The lowest BCUT2D eigenvalue weighted by Gasteiger charge is -2.11. The van der Waals surface area contributed by atoms with Crippen molar-refractivity contribution >= 4 is 20.0 Å². The molecule has 234 valence electrons. The standard InChI is InChI=1S/C32H36N2O8S2/c1-39-29-11-5-7-13-31(29)41-25-15-19-27(20-16-25)43(35,36)33-23-9-3-4-10-24-34-44(37,38)28-21-17-26(18-22-28)42-32-14-8-6-12-30(32)40-2/h5-8,11-22,33-34H,3-4,9-10,23-24H2,1-2H3. The fourth-order valence-electron chi connectivity index (χ4n) is 4.22. The molecule has 44 heavy (non-hydrogen) atoms. The summed E-state index contributed by atoms with van der Waals surface area (Å²) in [6.07, 6.45) is 2.72. The van der Waals surface area contributed by atoms with Crippen LogP contribution in [0, 0.1) is 0 Å². The number of unbranched alkanes of at least 4 members (excludes halogenated alkanes) is 3. The predicted molar refractivity (Wildman–Crippen MR) is 168 cm³/mol. The summed E-state index contributed by atoms with van der Waals surface area (Å²) in [5, 5.41) is 0. The summed E-state index contributed by atoms with van der Waals surface area (Å²) in [6.45, 7) is 0.549. The van der Waals surface area contributed by atoms with Crippen LogP contribution in [0.5, 0.6) is 34.5 Å². The van der Waals surface area contributed by atoms with E-state index in [9.17, 15) is 16.8 Å². The van der Waals surface area contributed by atoms with Crippen LogP contribution in [0.25, 0.3) is 0 Å². The number of para-hydroxylation sites is 4. The molecule has 0 aliphatic rings. The Morgan fingerprint density at radius 3 is 1.16 bits per heavy atom. The summed E-state index contributed by atoms with van der Waals surface area (Å²) in [5.41, 5.74) is 0. The molecule has 10 nitrogen and oxygen atoms in total. The van der Waals surface area contributed by atoms with E-state index in [4.69, 9.17) is 18.9 Å². The molecule has 0 fully saturated rings. The van der Waals surface area contributed by atoms with E-state index in [1.807, 2.05) is 24.3 Å². The second-order valence-electron chi connectivity index (χ2n) is 9.66. The fourth-order valence-corrected chi connectivity index (χ4v) is 6.37. The summed E-state index contributed by atoms with van der Waals surface area (Å²) < 4.78 is 78.0. The van der Waals surface area contributed by atoms with Gasteiger partial charge in [0, 0.05) is 13.1 Å². The highest BCUT2D eigenvalue weighted by Crippen LogP contribution is 2.32. The number of nitrogens with one attached hydrogen (secondary N) is 2. The Hall–Kier alpha value is -4.10. The Balaban J connectivity index is 1.14. The number of methoxy groups -OCH3 is 2. The molecular weight excluding hydrogens is 604 g/mol. The van der Waals surface area contributed by atoms with Crippen LogP contribution < -0.4 is 28.4 Å². The zero-order valence-electron chi connectivity index (χ0n) is 24.6. The van der Waals surface area contributed by atoms with Crippen LogP contribution in [0.2, 0.25) is 0 Å². The van der Waals surface area contributed by atoms with Gasteiger partial charge in [0.25, 0.3) is 0 Å². The summed E-state index contributed by atoms with van der Waals surface area (Å²) in [4.78, 5) is 0.275. The highest BCUT2D eigenvalue weighted by molar-refractivity contribution is 7.89. The van der Waals surface area contributed by atoms with E-state index in [1.54, 1.807) is 62.8 Å². The number of hydrogen-bond donors (Lipinski definition) is 2. The monoisotopic (exact) mass is 640 g/mol. The van der Waals surface area contributed by atoms with Crippen molar-refractivity contribution in [3.8, 4) is 34.5 Å². The van der Waals surface area contributed by atoms with Gasteiger partial charge in [0.05, 0.1) is 24.0 Å². The van der Waals surface area contributed by atoms with Crippen LogP contribution in [0.3, 0.4) is 0 Å². The van der Waals surface area contributed by atoms with Crippen molar-refractivity contribution in [1.29, 1.82) is 0 Å². The molecule has 0 saturated heterocycles. The second kappa shape index (κ2) is 15.6. The van der Waals surface area contributed by atoms with Gasteiger partial charge in [-0.3, -0.25) is 0 Å². The molecule has 4 aromatic carbocycles. The molecule has 0 amide bonds. The average Bonchev–Trinajstić information content (AvgIpc) is 3.03. The van der Waals surface area contributed by atoms with Crippen LogP contribution >= 0.6 is 0 Å². The third kappa shape index (κ3) is 9.20. The highest BCUT2D eigenvalue weighted by Gasteiger charge is 2.15. The minimum absolute atomic E-state index is 0.138. The molecule has 0 aliphatic carbocycles. The number of rotatable bonds is 17. The largest absolute Gasteiger partial charge is 0.493 e. The average molecular weight is 641 g/mol. The lowest BCUT2D eigenvalue weighted by atomic mass is 10.2. The Morgan fingerprint density at radius 2 is 0.818 bits per heavy atom. The van der Waals surface area contributed by atoms with Gasteiger partial charge >= 0.3 is 0 Å². The van der Waals surface area contributed by atoms with E-state index >= 15 is 0 Å². The van der Waals surface area contributed by atoms with Crippen molar-refractivity contribution in [3.63, 3.8) is 0 Å². The molecular formula is C32H36N2O8S2. The van der Waals surface area contributed by atoms with Gasteiger partial charge in [-0.15, -0.1) is 0 Å². The van der Waals surface area contributed by atoms with Crippen molar-refractivity contribution in [1.82, 2.24) is 9.44 Å². The first kappa shape index (κ1) is 32.8. The lowest BCUT2D eigenvalue weighted by molar-refractivity contribution is 0.379. The molecule has 0 atom stereocenters. The van der Waals surface area contributed by atoms with Crippen molar-refractivity contribution in [2.75, 3.05) is 27.3 Å². The minimum Gasteiger partial charge on any atom is -0.493 e. The third-order valence-corrected chi connectivity index (χ3v) is 9.50. The molecule has 0 unspecified atom stereocenters. The summed E-state index contributed by atoms with van der Waals surface area (Å²) in [5.74, 6) is 3.18. The van der Waals surface area contributed by atoms with Crippen molar-refractivity contribution in [2.45, 2.75) is 35.5 Å². The normalized spacial score (nSPS) is 11.6. The van der Waals surface area contributed by atoms with E-state index < -0.39 is 20.0 Å². The van der Waals surface area contributed by atoms with Crippen LogP contribution in [0.15, 0.2) is 107 Å². The zero-order chi connectivity index (χ0) is 31.4. The second-order valence-corrected chi connectivity index (χ2v) is 13.2. The molecule has 4 aromatic rings. The summed E-state index contributed by atoms with van der Waals surface area (Å²) >= 11 is 0. The van der Waals surface area contributed by atoms with Gasteiger partial charge in [-0.1, -0.05) is 37.1 Å². The highest BCUT2D eigenvalue weighted by atomic mass is 32.2. The van der Waals surface area contributed by atoms with Gasteiger partial charge in [0.1, 0.15) is 11.5 Å². The van der Waals surface area contributed by atoms with Gasteiger partial charge in [0.15, 0.2) is 23.0 Å². The Labute approximate surface area is 259 Å². The first-order valence-corrected chi connectivity index (χ1v) is 17.0. The third-order valence-electron chi connectivity index (χ3n) is 6.55. The van der Waals surface area contributed by atoms with Crippen molar-refractivity contribution in [2.24, 2.45) is 0 Å². The minimum atomic E-state index is -3.67. The predicted octanol–water partition coefficient (Wildman–Crippen LogP) is 6.11. The molecule has 0 saturated carbocycles. The van der Waals surface area contributed by atoms with E-state index in [1.165, 1.54) is 24.3 Å². The number of ether oxygens (including phenoxy) is 4. The molecule has 0 radical (unpaired) electrons. The Bertz CT molecular complexity index is 1580. The molecule has 12 heteroatoms. The molecule has 0 spiro atoms. The SMILES string of the molecule is COc1ccccc1Oc1ccc(S(=O)(=O)NCCCCCCNS(=O)(=O)c2ccc(Oc3ccccc3OC)cc2)cc1. The summed E-state index contributed by atoms with van der Waals surface area (Å²) in [6, 6.07) is 26.7. The molecule has 2 N–H and O–H groups in total. The maximum Gasteiger partial charge on any atom is 0.240 e. The van der Waals surface area contributed by atoms with Gasteiger partial charge in [-0.05, 0) is 85.6 Å². The van der Waals surface area contributed by atoms with Crippen LogP contribution in [0.1, 0.15) is 25.7 Å². The quantitative estimate of drug-likeness (QED) is 0.132. The van der Waals surface area contributed by atoms with Crippen LogP contribution in [0.4, 0.5) is 0 Å². The zero-order valence-corrected chi connectivity index (χ0v) is 26.2. The number of benzene rings is 4. The molecule has 0 bridgehead atoms. The first-order valence-electron chi connectivity index (χ1n) is 14.0. The maximum atomic E-state index is 12.7. The van der Waals surface area contributed by atoms with E-state index in [-0.39, 0.29) is 22.9 Å². The first-order chi connectivity index (χ1) is 21.2. The van der Waals surface area contributed by atoms with Gasteiger partial charge in [0.2, 0.25) is 20.0 Å². The molecule has 0 aliphatic heterocycles. The van der Waals surface area contributed by atoms with E-state index in [0.29, 0.717) is 47.3 Å². The summed E-state index contributed by atoms with van der Waals surface area (Å²) in [7, 11) is -4.24. The number of hydrogen-bond acceptors (Lipinski definition) is 8. The van der Waals surface area contributed by atoms with Gasteiger partial charge in [-0.25, -0.2) is 26.3 Å². The molecule has 0 heterocycles. The Morgan fingerprint density at radius 1 is 0.477 bits per heavy atom. The van der Waals surface area contributed by atoms with E-state index in [2.05, 4.69) is 9.44 Å². The van der Waals surface area contributed by atoms with Crippen LogP contribution in [-0.2, 0) is 20.0 Å². The maximum absolute atomic E-state index is 12.7. The van der Waals surface area contributed by atoms with Crippen molar-refractivity contribution < 1.29 is 35.8 Å². The fraction of sp³-hybridized carbons (Fsp3) is 0.250. The topological polar surface area (TPSA) is 129 Å².